The summed E-state index contributed by atoms with van der Waals surface area (Å²) in [5.74, 6) is -0.0214. The third-order valence-electron chi connectivity index (χ3n) is 3.20. The maximum Gasteiger partial charge on any atom is 0.165 e. The SMILES string of the molecule is CC(C)NC(C)(CO)CCCCOc1ccccc1F. The lowest BCUT2D eigenvalue weighted by Gasteiger charge is -2.31. The van der Waals surface area contributed by atoms with Crippen molar-refractivity contribution in [2.24, 2.45) is 0 Å². The Hall–Kier alpha value is -1.13. The molecule has 0 saturated carbocycles. The Morgan fingerprint density at radius 2 is 2.00 bits per heavy atom. The van der Waals surface area contributed by atoms with Crippen molar-refractivity contribution < 1.29 is 14.2 Å². The minimum Gasteiger partial charge on any atom is -0.491 e. The van der Waals surface area contributed by atoms with E-state index in [1.165, 1.54) is 6.07 Å². The predicted octanol–water partition coefficient (Wildman–Crippen LogP) is 3.12. The van der Waals surface area contributed by atoms with Crippen molar-refractivity contribution in [2.75, 3.05) is 13.2 Å². The number of para-hydroxylation sites is 1. The molecule has 1 atom stereocenters. The number of nitrogens with one attached hydrogen (secondary N) is 1. The first-order chi connectivity index (χ1) is 9.47. The number of ether oxygens (including phenoxy) is 1. The summed E-state index contributed by atoms with van der Waals surface area (Å²) in [7, 11) is 0. The smallest absolute Gasteiger partial charge is 0.165 e. The first kappa shape index (κ1) is 16.9. The normalized spacial score (nSPS) is 14.3. The number of aliphatic hydroxyl groups is 1. The van der Waals surface area contributed by atoms with Crippen LogP contribution in [0, 0.1) is 5.82 Å². The fourth-order valence-corrected chi connectivity index (χ4v) is 2.25. The summed E-state index contributed by atoms with van der Waals surface area (Å²) in [5, 5.41) is 12.8. The number of hydrogen-bond donors (Lipinski definition) is 2. The molecule has 1 unspecified atom stereocenters. The highest BCUT2D eigenvalue weighted by Gasteiger charge is 2.22. The number of hydrogen-bond acceptors (Lipinski definition) is 3. The second-order valence-electron chi connectivity index (χ2n) is 5.75. The molecule has 4 heteroatoms. The van der Waals surface area contributed by atoms with Crippen molar-refractivity contribution in [2.45, 2.75) is 51.6 Å². The van der Waals surface area contributed by atoms with Gasteiger partial charge in [-0.15, -0.1) is 0 Å². The Bertz CT molecular complexity index is 398. The van der Waals surface area contributed by atoms with Crippen molar-refractivity contribution in [3.63, 3.8) is 0 Å². The zero-order valence-corrected chi connectivity index (χ0v) is 12.7. The molecule has 20 heavy (non-hydrogen) atoms. The first-order valence-corrected chi connectivity index (χ1v) is 7.23. The first-order valence-electron chi connectivity index (χ1n) is 7.23. The number of unbranched alkanes of at least 4 members (excludes halogenated alkanes) is 1. The van der Waals surface area contributed by atoms with Gasteiger partial charge in [0, 0.05) is 11.6 Å². The van der Waals surface area contributed by atoms with Gasteiger partial charge in [0.25, 0.3) is 0 Å². The van der Waals surface area contributed by atoms with E-state index in [1.54, 1.807) is 18.2 Å². The van der Waals surface area contributed by atoms with E-state index in [9.17, 15) is 9.50 Å². The van der Waals surface area contributed by atoms with Gasteiger partial charge >= 0.3 is 0 Å². The second kappa shape index (κ2) is 8.22. The standard InChI is InChI=1S/C16H26FNO2/c1-13(2)18-16(3,12-19)10-6-7-11-20-15-9-5-4-8-14(15)17/h4-5,8-9,13,18-19H,6-7,10-12H2,1-3H3. The summed E-state index contributed by atoms with van der Waals surface area (Å²) < 4.78 is 18.7. The number of aliphatic hydroxyl groups excluding tert-OH is 1. The summed E-state index contributed by atoms with van der Waals surface area (Å²) in [4.78, 5) is 0. The maximum absolute atomic E-state index is 13.3. The molecule has 0 aromatic heterocycles. The van der Waals surface area contributed by atoms with Crippen LogP contribution in [0.4, 0.5) is 4.39 Å². The Morgan fingerprint density at radius 3 is 2.60 bits per heavy atom. The Kier molecular flexibility index (Phi) is 6.96. The second-order valence-corrected chi connectivity index (χ2v) is 5.75. The van der Waals surface area contributed by atoms with Crippen LogP contribution in [0.2, 0.25) is 0 Å². The molecule has 0 spiro atoms. The lowest BCUT2D eigenvalue weighted by Crippen LogP contribution is -2.49. The van der Waals surface area contributed by atoms with Crippen molar-refractivity contribution in [3.05, 3.63) is 30.1 Å². The molecule has 2 N–H and O–H groups in total. The molecular formula is C16H26FNO2. The average molecular weight is 283 g/mol. The molecule has 0 saturated heterocycles. The van der Waals surface area contributed by atoms with E-state index < -0.39 is 0 Å². The quantitative estimate of drug-likeness (QED) is 0.684. The third-order valence-corrected chi connectivity index (χ3v) is 3.20. The fourth-order valence-electron chi connectivity index (χ4n) is 2.25. The van der Waals surface area contributed by atoms with Crippen molar-refractivity contribution >= 4 is 0 Å². The Labute approximate surface area is 121 Å². The highest BCUT2D eigenvalue weighted by atomic mass is 19.1. The van der Waals surface area contributed by atoms with Crippen molar-refractivity contribution in [3.8, 4) is 5.75 Å². The lowest BCUT2D eigenvalue weighted by atomic mass is 9.95. The maximum atomic E-state index is 13.3. The van der Waals surface area contributed by atoms with E-state index >= 15 is 0 Å². The van der Waals surface area contributed by atoms with Crippen molar-refractivity contribution in [1.29, 1.82) is 0 Å². The summed E-state index contributed by atoms with van der Waals surface area (Å²) >= 11 is 0. The summed E-state index contributed by atoms with van der Waals surface area (Å²) in [6.07, 6.45) is 2.62. The van der Waals surface area contributed by atoms with E-state index in [-0.39, 0.29) is 18.0 Å². The van der Waals surface area contributed by atoms with Crippen LogP contribution in [0.5, 0.6) is 5.75 Å². The molecule has 0 heterocycles. The third kappa shape index (κ3) is 5.88. The van der Waals surface area contributed by atoms with Gasteiger partial charge in [-0.1, -0.05) is 26.0 Å². The van der Waals surface area contributed by atoms with Crippen LogP contribution >= 0.6 is 0 Å². The molecule has 0 aliphatic heterocycles. The van der Waals surface area contributed by atoms with Crippen LogP contribution in [0.25, 0.3) is 0 Å². The minimum atomic E-state index is -0.325. The summed E-state index contributed by atoms with van der Waals surface area (Å²) in [6, 6.07) is 6.76. The highest BCUT2D eigenvalue weighted by molar-refractivity contribution is 5.23. The largest absolute Gasteiger partial charge is 0.491 e. The van der Waals surface area contributed by atoms with Gasteiger partial charge in [0.1, 0.15) is 0 Å². The molecule has 3 nitrogen and oxygen atoms in total. The van der Waals surface area contributed by atoms with Gasteiger partial charge in [-0.25, -0.2) is 4.39 Å². The van der Waals surface area contributed by atoms with Gasteiger partial charge in [0.2, 0.25) is 0 Å². The monoisotopic (exact) mass is 283 g/mol. The van der Waals surface area contributed by atoms with Gasteiger partial charge in [-0.2, -0.15) is 0 Å². The lowest BCUT2D eigenvalue weighted by molar-refractivity contribution is 0.151. The fraction of sp³-hybridized carbons (Fsp3) is 0.625. The van der Waals surface area contributed by atoms with E-state index in [4.69, 9.17) is 4.74 Å². The number of halogens is 1. The van der Waals surface area contributed by atoms with Gasteiger partial charge in [-0.3, -0.25) is 0 Å². The minimum absolute atomic E-state index is 0.110. The van der Waals surface area contributed by atoms with E-state index in [1.807, 2.05) is 6.92 Å². The molecule has 0 aliphatic rings. The molecule has 1 rings (SSSR count). The van der Waals surface area contributed by atoms with Crippen LogP contribution in [0.3, 0.4) is 0 Å². The molecule has 1 aromatic carbocycles. The molecule has 1 aromatic rings. The highest BCUT2D eigenvalue weighted by Crippen LogP contribution is 2.17. The number of rotatable bonds is 9. The molecule has 114 valence electrons. The zero-order chi connectivity index (χ0) is 15.0. The molecule has 0 fully saturated rings. The van der Waals surface area contributed by atoms with Gasteiger partial charge in [-0.05, 0) is 38.3 Å². The summed E-state index contributed by atoms with van der Waals surface area (Å²) in [6.45, 7) is 6.75. The topological polar surface area (TPSA) is 41.5 Å². The molecule has 0 aliphatic carbocycles. The van der Waals surface area contributed by atoms with E-state index in [0.717, 1.165) is 19.3 Å². The van der Waals surface area contributed by atoms with Crippen LogP contribution in [-0.4, -0.2) is 29.9 Å². The Balaban J connectivity index is 2.26. The Morgan fingerprint density at radius 1 is 1.30 bits per heavy atom. The molecule has 0 radical (unpaired) electrons. The zero-order valence-electron chi connectivity index (χ0n) is 12.7. The van der Waals surface area contributed by atoms with E-state index in [0.29, 0.717) is 18.4 Å². The summed E-state index contributed by atoms with van der Waals surface area (Å²) in [5.41, 5.74) is -0.258. The van der Waals surface area contributed by atoms with E-state index in [2.05, 4.69) is 19.2 Å². The van der Waals surface area contributed by atoms with Crippen molar-refractivity contribution in [1.82, 2.24) is 5.32 Å². The van der Waals surface area contributed by atoms with Gasteiger partial charge in [0.15, 0.2) is 11.6 Å². The van der Waals surface area contributed by atoms with Crippen LogP contribution in [0.15, 0.2) is 24.3 Å². The molecule has 0 amide bonds. The van der Waals surface area contributed by atoms with Gasteiger partial charge < -0.3 is 15.2 Å². The van der Waals surface area contributed by atoms with Crippen LogP contribution < -0.4 is 10.1 Å². The predicted molar refractivity (Wildman–Crippen MR) is 79.5 cm³/mol. The molecular weight excluding hydrogens is 257 g/mol. The average Bonchev–Trinajstić information content (AvgIpc) is 2.39. The number of benzene rings is 1. The van der Waals surface area contributed by atoms with Crippen LogP contribution in [0.1, 0.15) is 40.0 Å². The van der Waals surface area contributed by atoms with Gasteiger partial charge in [0.05, 0.1) is 13.2 Å². The molecule has 0 bridgehead atoms. The van der Waals surface area contributed by atoms with Crippen LogP contribution in [-0.2, 0) is 0 Å².